The highest BCUT2D eigenvalue weighted by atomic mass is 32.1. The minimum Gasteiger partial charge on any atom is -0.491 e. The lowest BCUT2D eigenvalue weighted by atomic mass is 10.0. The molecule has 1 atom stereocenters. The molecule has 3 aromatic rings. The molecule has 0 aliphatic heterocycles. The Morgan fingerprint density at radius 1 is 1.09 bits per heavy atom. The zero-order valence-corrected chi connectivity index (χ0v) is 21.4. The fourth-order valence-electron chi connectivity index (χ4n) is 3.99. The number of unbranched alkanes of at least 4 members (excludes halogenated alkanes) is 2. The smallest absolute Gasteiger partial charge is 0.333 e. The number of benzene rings is 2. The van der Waals surface area contributed by atoms with Gasteiger partial charge in [0.15, 0.2) is 0 Å². The van der Waals surface area contributed by atoms with Crippen molar-refractivity contribution in [3.05, 3.63) is 66.2 Å². The van der Waals surface area contributed by atoms with Crippen molar-refractivity contribution in [2.45, 2.75) is 78.4 Å². The van der Waals surface area contributed by atoms with Gasteiger partial charge in [0.1, 0.15) is 11.4 Å². The van der Waals surface area contributed by atoms with Crippen LogP contribution in [-0.4, -0.2) is 17.7 Å². The van der Waals surface area contributed by atoms with Gasteiger partial charge < -0.3 is 9.47 Å². The number of hydrogen-bond acceptors (Lipinski definition) is 4. The molecule has 0 fully saturated rings. The highest BCUT2D eigenvalue weighted by Gasteiger charge is 2.26. The molecule has 1 unspecified atom stereocenters. The largest absolute Gasteiger partial charge is 0.491 e. The van der Waals surface area contributed by atoms with Gasteiger partial charge in [0.25, 0.3) is 0 Å². The molecule has 4 heteroatoms. The SMILES string of the molecule is C=C(C)C(=O)OC(C)(C)CC(C)Oc1ccc2cc(-c3ccc(CCCCC)cc3)sc2c1. The predicted molar refractivity (Wildman–Crippen MR) is 140 cm³/mol. The number of carbonyl (C=O) groups excluding carboxylic acids is 1. The summed E-state index contributed by atoms with van der Waals surface area (Å²) >= 11 is 1.78. The maximum absolute atomic E-state index is 11.9. The maximum atomic E-state index is 11.9. The summed E-state index contributed by atoms with van der Waals surface area (Å²) in [5.41, 5.74) is 2.45. The third-order valence-corrected chi connectivity index (χ3v) is 6.78. The quantitative estimate of drug-likeness (QED) is 0.162. The highest BCUT2D eigenvalue weighted by Crippen LogP contribution is 2.36. The lowest BCUT2D eigenvalue weighted by molar-refractivity contribution is -0.153. The van der Waals surface area contributed by atoms with Gasteiger partial charge in [-0.15, -0.1) is 11.3 Å². The van der Waals surface area contributed by atoms with Crippen molar-refractivity contribution in [1.29, 1.82) is 0 Å². The predicted octanol–water partition coefficient (Wildman–Crippen LogP) is 8.36. The van der Waals surface area contributed by atoms with Crippen LogP contribution in [0.25, 0.3) is 20.5 Å². The summed E-state index contributed by atoms with van der Waals surface area (Å²) in [7, 11) is 0. The van der Waals surface area contributed by atoms with Gasteiger partial charge in [-0.3, -0.25) is 0 Å². The molecule has 0 saturated carbocycles. The van der Waals surface area contributed by atoms with E-state index >= 15 is 0 Å². The maximum Gasteiger partial charge on any atom is 0.333 e. The summed E-state index contributed by atoms with van der Waals surface area (Å²) in [6.07, 6.45) is 5.44. The molecule has 33 heavy (non-hydrogen) atoms. The second-order valence-electron chi connectivity index (χ2n) is 9.53. The van der Waals surface area contributed by atoms with E-state index in [1.54, 1.807) is 18.3 Å². The third kappa shape index (κ3) is 7.20. The molecule has 0 spiro atoms. The molecular weight excluding hydrogens is 428 g/mol. The molecule has 0 saturated heterocycles. The minimum atomic E-state index is -0.627. The molecule has 0 amide bonds. The third-order valence-electron chi connectivity index (χ3n) is 5.63. The molecule has 3 rings (SSSR count). The molecular formula is C29H36O3S. The first kappa shape index (κ1) is 25.0. The van der Waals surface area contributed by atoms with E-state index in [0.717, 1.165) is 12.2 Å². The van der Waals surface area contributed by atoms with E-state index in [4.69, 9.17) is 9.47 Å². The van der Waals surface area contributed by atoms with Crippen molar-refractivity contribution in [1.82, 2.24) is 0 Å². The molecule has 0 aliphatic rings. The van der Waals surface area contributed by atoms with E-state index < -0.39 is 5.60 Å². The van der Waals surface area contributed by atoms with Crippen LogP contribution in [0.15, 0.2) is 60.7 Å². The second kappa shape index (κ2) is 11.0. The average Bonchev–Trinajstić information content (AvgIpc) is 3.17. The van der Waals surface area contributed by atoms with E-state index in [9.17, 15) is 4.79 Å². The van der Waals surface area contributed by atoms with Crippen LogP contribution in [0.5, 0.6) is 5.75 Å². The molecule has 0 bridgehead atoms. The average molecular weight is 465 g/mol. The zero-order chi connectivity index (χ0) is 24.0. The number of carbonyl (C=O) groups is 1. The van der Waals surface area contributed by atoms with Crippen LogP contribution in [0.4, 0.5) is 0 Å². The van der Waals surface area contributed by atoms with Crippen molar-refractivity contribution in [2.24, 2.45) is 0 Å². The number of fused-ring (bicyclic) bond motifs is 1. The molecule has 2 aromatic carbocycles. The first-order valence-electron chi connectivity index (χ1n) is 11.9. The lowest BCUT2D eigenvalue weighted by Gasteiger charge is -2.28. The van der Waals surface area contributed by atoms with Crippen molar-refractivity contribution in [3.63, 3.8) is 0 Å². The number of thiophene rings is 1. The Bertz CT molecular complexity index is 1090. The van der Waals surface area contributed by atoms with Crippen LogP contribution >= 0.6 is 11.3 Å². The van der Waals surface area contributed by atoms with Crippen LogP contribution in [0.3, 0.4) is 0 Å². The van der Waals surface area contributed by atoms with Crippen LogP contribution in [-0.2, 0) is 16.0 Å². The minimum absolute atomic E-state index is 0.102. The number of hydrogen-bond donors (Lipinski definition) is 0. The van der Waals surface area contributed by atoms with Crippen LogP contribution < -0.4 is 4.74 Å². The number of aryl methyl sites for hydroxylation is 1. The Kier molecular flexibility index (Phi) is 8.36. The highest BCUT2D eigenvalue weighted by molar-refractivity contribution is 7.22. The second-order valence-corrected chi connectivity index (χ2v) is 10.6. The van der Waals surface area contributed by atoms with Gasteiger partial charge >= 0.3 is 5.97 Å². The molecule has 1 aromatic heterocycles. The van der Waals surface area contributed by atoms with E-state index in [1.165, 1.54) is 45.4 Å². The summed E-state index contributed by atoms with van der Waals surface area (Å²) in [6, 6.07) is 17.5. The van der Waals surface area contributed by atoms with Gasteiger partial charge in [-0.05, 0) is 81.3 Å². The molecule has 3 nitrogen and oxygen atoms in total. The fourth-order valence-corrected chi connectivity index (χ4v) is 5.08. The summed E-state index contributed by atoms with van der Waals surface area (Å²) < 4.78 is 12.9. The summed E-state index contributed by atoms with van der Waals surface area (Å²) in [6.45, 7) is 13.4. The Labute approximate surface area is 202 Å². The summed E-state index contributed by atoms with van der Waals surface area (Å²) in [5.74, 6) is 0.463. The monoisotopic (exact) mass is 464 g/mol. The van der Waals surface area contributed by atoms with E-state index in [0.29, 0.717) is 12.0 Å². The van der Waals surface area contributed by atoms with Crippen LogP contribution in [0, 0.1) is 0 Å². The van der Waals surface area contributed by atoms with Crippen LogP contribution in [0.2, 0.25) is 0 Å². The van der Waals surface area contributed by atoms with Gasteiger partial charge in [0.2, 0.25) is 0 Å². The number of rotatable bonds is 11. The Hall–Kier alpha value is -2.59. The Morgan fingerprint density at radius 2 is 1.82 bits per heavy atom. The van der Waals surface area contributed by atoms with Crippen molar-refractivity contribution in [2.75, 3.05) is 0 Å². The van der Waals surface area contributed by atoms with E-state index in [-0.39, 0.29) is 12.1 Å². The summed E-state index contributed by atoms with van der Waals surface area (Å²) in [4.78, 5) is 13.1. The topological polar surface area (TPSA) is 35.5 Å². The van der Waals surface area contributed by atoms with Gasteiger partial charge in [-0.2, -0.15) is 0 Å². The zero-order valence-electron chi connectivity index (χ0n) is 20.6. The normalized spacial score (nSPS) is 12.5. The van der Waals surface area contributed by atoms with Crippen molar-refractivity contribution < 1.29 is 14.3 Å². The molecule has 0 radical (unpaired) electrons. The standard InChI is InChI=1S/C29H36O3S/c1-7-8-9-10-22-11-13-23(14-12-22)26-17-24-15-16-25(18-27(24)33-26)31-21(4)19-29(5,6)32-28(30)20(2)3/h11-18,21H,2,7-10,19H2,1,3-6H3. The molecule has 1 heterocycles. The fraction of sp³-hybridized carbons (Fsp3) is 0.414. The van der Waals surface area contributed by atoms with Crippen molar-refractivity contribution >= 4 is 27.4 Å². The first-order valence-corrected chi connectivity index (χ1v) is 12.7. The van der Waals surface area contributed by atoms with E-state index in [2.05, 4.69) is 56.0 Å². The Balaban J connectivity index is 1.66. The van der Waals surface area contributed by atoms with Gasteiger partial charge in [-0.1, -0.05) is 50.6 Å². The van der Waals surface area contributed by atoms with Gasteiger partial charge in [-0.25, -0.2) is 4.79 Å². The lowest BCUT2D eigenvalue weighted by Crippen LogP contribution is -2.33. The Morgan fingerprint density at radius 3 is 2.48 bits per heavy atom. The molecule has 0 aliphatic carbocycles. The van der Waals surface area contributed by atoms with E-state index in [1.807, 2.05) is 26.8 Å². The van der Waals surface area contributed by atoms with Gasteiger partial charge in [0.05, 0.1) is 6.10 Å². The number of ether oxygens (including phenoxy) is 2. The molecule has 0 N–H and O–H groups in total. The van der Waals surface area contributed by atoms with Gasteiger partial charge in [0, 0.05) is 21.6 Å². The van der Waals surface area contributed by atoms with Crippen molar-refractivity contribution in [3.8, 4) is 16.2 Å². The first-order chi connectivity index (χ1) is 15.7. The summed E-state index contributed by atoms with van der Waals surface area (Å²) in [5, 5.41) is 1.22. The number of esters is 1. The van der Waals surface area contributed by atoms with Crippen LogP contribution in [0.1, 0.15) is 65.9 Å². The molecule has 176 valence electrons.